The lowest BCUT2D eigenvalue weighted by Crippen LogP contribution is -2.33. The fraction of sp³-hybridized carbons (Fsp3) is 0.478. The molecule has 3 rings (SSSR count). The number of rotatable bonds is 10. The molecule has 0 saturated carbocycles. The Labute approximate surface area is 193 Å². The van der Waals surface area contributed by atoms with E-state index in [1.54, 1.807) is 29.3 Å². The third kappa shape index (κ3) is 5.36. The van der Waals surface area contributed by atoms with Crippen LogP contribution in [0.5, 0.6) is 0 Å². The van der Waals surface area contributed by atoms with Crippen LogP contribution in [-0.2, 0) is 4.79 Å². The standard InChI is InChI=1S/C23H30N4O2S2/c1-4-7-10-16(6-3)15-27-22(29)18(31-23(27)30)14-17-20(24-12-5-2)25-19-11-8-9-13-26(19)21(17)28/h8-9,11,13-14,16,24H,4-7,10,12,15H2,1-3H3. The lowest BCUT2D eigenvalue weighted by Gasteiger charge is -2.21. The van der Waals surface area contributed by atoms with E-state index in [1.807, 2.05) is 13.0 Å². The summed E-state index contributed by atoms with van der Waals surface area (Å²) in [4.78, 5) is 33.1. The van der Waals surface area contributed by atoms with E-state index in [1.165, 1.54) is 16.2 Å². The van der Waals surface area contributed by atoms with Gasteiger partial charge in [0.15, 0.2) is 0 Å². The number of carbonyl (C=O) groups is 1. The van der Waals surface area contributed by atoms with Crippen molar-refractivity contribution in [1.29, 1.82) is 0 Å². The SMILES string of the molecule is CCCCC(CC)CN1C(=O)C(=Cc2c(NCCC)nc3ccccn3c2=O)SC1=S. The molecule has 2 aromatic heterocycles. The van der Waals surface area contributed by atoms with Gasteiger partial charge in [-0.2, -0.15) is 0 Å². The molecule has 1 fully saturated rings. The van der Waals surface area contributed by atoms with Gasteiger partial charge >= 0.3 is 0 Å². The molecule has 0 bridgehead atoms. The first-order chi connectivity index (χ1) is 15.0. The van der Waals surface area contributed by atoms with E-state index < -0.39 is 0 Å². The summed E-state index contributed by atoms with van der Waals surface area (Å²) in [5.74, 6) is 0.804. The number of thioether (sulfide) groups is 1. The predicted molar refractivity (Wildman–Crippen MR) is 133 cm³/mol. The number of fused-ring (bicyclic) bond motifs is 1. The summed E-state index contributed by atoms with van der Waals surface area (Å²) in [5, 5.41) is 3.24. The molecular formula is C23H30N4O2S2. The molecular weight excluding hydrogens is 428 g/mol. The quantitative estimate of drug-likeness (QED) is 0.402. The van der Waals surface area contributed by atoms with E-state index in [0.717, 1.165) is 32.1 Å². The predicted octanol–water partition coefficient (Wildman–Crippen LogP) is 4.93. The highest BCUT2D eigenvalue weighted by Gasteiger charge is 2.33. The molecule has 0 spiro atoms. The van der Waals surface area contributed by atoms with E-state index in [9.17, 15) is 9.59 Å². The zero-order valence-corrected chi connectivity index (χ0v) is 20.0. The van der Waals surface area contributed by atoms with Gasteiger partial charge in [0.2, 0.25) is 0 Å². The summed E-state index contributed by atoms with van der Waals surface area (Å²) in [5.41, 5.74) is 0.747. The second-order valence-corrected chi connectivity index (χ2v) is 9.42. The minimum absolute atomic E-state index is 0.121. The highest BCUT2D eigenvalue weighted by Crippen LogP contribution is 2.34. The van der Waals surface area contributed by atoms with Crippen LogP contribution in [-0.4, -0.2) is 37.6 Å². The maximum absolute atomic E-state index is 13.2. The van der Waals surface area contributed by atoms with Crippen LogP contribution in [0.2, 0.25) is 0 Å². The van der Waals surface area contributed by atoms with Gasteiger partial charge < -0.3 is 5.32 Å². The molecule has 1 N–H and O–H groups in total. The van der Waals surface area contributed by atoms with Gasteiger partial charge in [-0.05, 0) is 37.0 Å². The van der Waals surface area contributed by atoms with Crippen LogP contribution in [0.25, 0.3) is 11.7 Å². The minimum atomic E-state index is -0.205. The average Bonchev–Trinajstić information content (AvgIpc) is 3.04. The number of hydrogen-bond acceptors (Lipinski definition) is 6. The summed E-state index contributed by atoms with van der Waals surface area (Å²) in [6.45, 7) is 7.70. The van der Waals surface area contributed by atoms with Crippen LogP contribution >= 0.6 is 24.0 Å². The molecule has 1 amide bonds. The van der Waals surface area contributed by atoms with E-state index in [4.69, 9.17) is 12.2 Å². The van der Waals surface area contributed by atoms with Crippen molar-refractivity contribution in [2.45, 2.75) is 52.9 Å². The topological polar surface area (TPSA) is 66.7 Å². The molecule has 8 heteroatoms. The molecule has 166 valence electrons. The van der Waals surface area contributed by atoms with E-state index in [-0.39, 0.29) is 11.5 Å². The van der Waals surface area contributed by atoms with E-state index in [0.29, 0.717) is 45.3 Å². The van der Waals surface area contributed by atoms with Crippen molar-refractivity contribution in [1.82, 2.24) is 14.3 Å². The highest BCUT2D eigenvalue weighted by atomic mass is 32.2. The van der Waals surface area contributed by atoms with Crippen LogP contribution < -0.4 is 10.9 Å². The monoisotopic (exact) mass is 458 g/mol. The van der Waals surface area contributed by atoms with Crippen LogP contribution in [0.3, 0.4) is 0 Å². The zero-order chi connectivity index (χ0) is 22.4. The Hall–Kier alpha value is -2.19. The number of hydrogen-bond donors (Lipinski definition) is 1. The number of nitrogens with zero attached hydrogens (tertiary/aromatic N) is 3. The van der Waals surface area contributed by atoms with Gasteiger partial charge in [0.05, 0.1) is 10.5 Å². The normalized spacial score (nSPS) is 16.5. The van der Waals surface area contributed by atoms with E-state index in [2.05, 4.69) is 24.1 Å². The van der Waals surface area contributed by atoms with Crippen LogP contribution in [0.4, 0.5) is 5.82 Å². The second-order valence-electron chi connectivity index (χ2n) is 7.74. The molecule has 31 heavy (non-hydrogen) atoms. The Morgan fingerprint density at radius 3 is 2.74 bits per heavy atom. The van der Waals surface area contributed by atoms with Gasteiger partial charge in [-0.1, -0.05) is 70.1 Å². The number of nitrogens with one attached hydrogen (secondary N) is 1. The molecule has 3 heterocycles. The number of amides is 1. The maximum Gasteiger partial charge on any atom is 0.267 e. The number of aromatic nitrogens is 2. The van der Waals surface area contributed by atoms with E-state index >= 15 is 0 Å². The molecule has 1 aliphatic rings. The second kappa shape index (κ2) is 10.9. The number of carbonyl (C=O) groups excluding carboxylic acids is 1. The summed E-state index contributed by atoms with van der Waals surface area (Å²) in [6, 6.07) is 5.43. The molecule has 0 aliphatic carbocycles. The number of pyridine rings is 1. The molecule has 1 saturated heterocycles. The smallest absolute Gasteiger partial charge is 0.267 e. The van der Waals surface area contributed by atoms with Crippen molar-refractivity contribution in [3.05, 3.63) is 45.2 Å². The van der Waals surface area contributed by atoms with Gasteiger partial charge in [0.1, 0.15) is 15.8 Å². The molecule has 1 aliphatic heterocycles. The van der Waals surface area contributed by atoms with Crippen molar-refractivity contribution in [2.24, 2.45) is 5.92 Å². The molecule has 1 unspecified atom stereocenters. The Bertz CT molecular complexity index is 1050. The minimum Gasteiger partial charge on any atom is -0.369 e. The Kier molecular flexibility index (Phi) is 8.26. The van der Waals surface area contributed by atoms with Crippen LogP contribution in [0.1, 0.15) is 58.4 Å². The van der Waals surface area contributed by atoms with Gasteiger partial charge in [0, 0.05) is 19.3 Å². The third-order valence-corrected chi connectivity index (χ3v) is 6.82. The Morgan fingerprint density at radius 1 is 1.23 bits per heavy atom. The summed E-state index contributed by atoms with van der Waals surface area (Å²) in [6.07, 6.45) is 8.63. The number of anilines is 1. The summed E-state index contributed by atoms with van der Waals surface area (Å²) < 4.78 is 2.06. The Balaban J connectivity index is 1.95. The molecule has 0 aromatic carbocycles. The maximum atomic E-state index is 13.2. The number of unbranched alkanes of at least 4 members (excludes halogenated alkanes) is 1. The third-order valence-electron chi connectivity index (χ3n) is 5.44. The molecule has 6 nitrogen and oxygen atoms in total. The van der Waals surface area contributed by atoms with Crippen molar-refractivity contribution >= 4 is 51.7 Å². The van der Waals surface area contributed by atoms with Gasteiger partial charge in [0.25, 0.3) is 11.5 Å². The first kappa shape index (κ1) is 23.5. The lowest BCUT2D eigenvalue weighted by atomic mass is 9.99. The van der Waals surface area contributed by atoms with Crippen LogP contribution in [0, 0.1) is 5.92 Å². The van der Waals surface area contributed by atoms with Crippen molar-refractivity contribution in [3.8, 4) is 0 Å². The molecule has 0 radical (unpaired) electrons. The van der Waals surface area contributed by atoms with Crippen molar-refractivity contribution in [2.75, 3.05) is 18.4 Å². The fourth-order valence-corrected chi connectivity index (χ4v) is 4.83. The average molecular weight is 459 g/mol. The van der Waals surface area contributed by atoms with Crippen molar-refractivity contribution in [3.63, 3.8) is 0 Å². The van der Waals surface area contributed by atoms with Crippen LogP contribution in [0.15, 0.2) is 34.1 Å². The Morgan fingerprint density at radius 2 is 2.03 bits per heavy atom. The van der Waals surface area contributed by atoms with Gasteiger partial charge in [-0.25, -0.2) is 4.98 Å². The lowest BCUT2D eigenvalue weighted by molar-refractivity contribution is -0.122. The number of thiocarbonyl (C=S) groups is 1. The summed E-state index contributed by atoms with van der Waals surface area (Å²) in [7, 11) is 0. The largest absolute Gasteiger partial charge is 0.369 e. The van der Waals surface area contributed by atoms with Gasteiger partial charge in [-0.3, -0.25) is 18.9 Å². The van der Waals surface area contributed by atoms with Gasteiger partial charge in [-0.15, -0.1) is 0 Å². The first-order valence-electron chi connectivity index (χ1n) is 11.0. The first-order valence-corrected chi connectivity index (χ1v) is 12.2. The molecule has 1 atom stereocenters. The van der Waals surface area contributed by atoms with Crippen molar-refractivity contribution < 1.29 is 4.79 Å². The summed E-state index contributed by atoms with van der Waals surface area (Å²) >= 11 is 6.78. The molecule has 2 aromatic rings. The zero-order valence-electron chi connectivity index (χ0n) is 18.4. The highest BCUT2D eigenvalue weighted by molar-refractivity contribution is 8.26. The fourth-order valence-electron chi connectivity index (χ4n) is 3.57.